The van der Waals surface area contributed by atoms with E-state index in [0.29, 0.717) is 6.54 Å². The van der Waals surface area contributed by atoms with Gasteiger partial charge in [-0.05, 0) is 55.7 Å². The van der Waals surface area contributed by atoms with Crippen molar-refractivity contribution in [1.29, 1.82) is 0 Å². The molecule has 0 saturated heterocycles. The third-order valence-electron chi connectivity index (χ3n) is 6.35. The molecular weight excluding hydrogens is 550 g/mol. The van der Waals surface area contributed by atoms with Gasteiger partial charge < -0.3 is 15.0 Å². The van der Waals surface area contributed by atoms with Crippen molar-refractivity contribution in [3.05, 3.63) is 88.9 Å². The maximum absolute atomic E-state index is 14.0. The van der Waals surface area contributed by atoms with E-state index in [1.807, 2.05) is 51.1 Å². The second kappa shape index (κ2) is 13.7. The van der Waals surface area contributed by atoms with Gasteiger partial charge in [-0.2, -0.15) is 0 Å². The number of aryl methyl sites for hydroxylation is 1. The minimum absolute atomic E-state index is 0.00487. The Bertz CT molecular complexity index is 1410. The number of sulfonamides is 1. The lowest BCUT2D eigenvalue weighted by atomic mass is 10.1. The molecule has 1 atom stereocenters. The fourth-order valence-electron chi connectivity index (χ4n) is 4.02. The molecule has 0 aliphatic carbocycles. The topological polar surface area (TPSA) is 96.0 Å². The van der Waals surface area contributed by atoms with Crippen LogP contribution in [0.1, 0.15) is 31.9 Å². The molecule has 0 aromatic heterocycles. The Morgan fingerprint density at radius 3 is 2.23 bits per heavy atom. The molecule has 0 unspecified atom stereocenters. The van der Waals surface area contributed by atoms with Crippen LogP contribution in [-0.4, -0.2) is 51.4 Å². The van der Waals surface area contributed by atoms with Crippen molar-refractivity contribution in [2.45, 2.75) is 45.2 Å². The molecular formula is C30H36ClN3O5S. The van der Waals surface area contributed by atoms with Crippen LogP contribution in [0, 0.1) is 12.8 Å². The van der Waals surface area contributed by atoms with Gasteiger partial charge in [-0.15, -0.1) is 0 Å². The zero-order valence-electron chi connectivity index (χ0n) is 23.4. The number of anilines is 1. The van der Waals surface area contributed by atoms with Crippen molar-refractivity contribution >= 4 is 39.1 Å². The van der Waals surface area contributed by atoms with Gasteiger partial charge in [-0.3, -0.25) is 13.9 Å². The van der Waals surface area contributed by atoms with Gasteiger partial charge in [0.25, 0.3) is 10.0 Å². The highest BCUT2D eigenvalue weighted by Gasteiger charge is 2.34. The Hall–Kier alpha value is -3.56. The molecule has 0 heterocycles. The number of rotatable bonds is 12. The summed E-state index contributed by atoms with van der Waals surface area (Å²) in [5.74, 6) is -0.440. The van der Waals surface area contributed by atoms with Gasteiger partial charge in [-0.1, -0.05) is 73.5 Å². The smallest absolute Gasteiger partial charge is 0.264 e. The number of methoxy groups -OCH3 is 1. The number of carbonyl (C=O) groups is 2. The standard InChI is InChI=1S/C30H36ClN3O5S/c1-21(2)18-32-30(36)23(4)33(19-24-9-7-6-8-10-24)29(35)20-34(27-17-25(31)13-16-28(27)39-5)40(37,38)26-14-11-22(3)12-15-26/h6-17,21,23H,18-20H2,1-5H3,(H,32,36)/t23-/m0/s1. The highest BCUT2D eigenvalue weighted by Crippen LogP contribution is 2.35. The summed E-state index contributed by atoms with van der Waals surface area (Å²) in [6, 6.07) is 19.3. The minimum atomic E-state index is -4.24. The first-order valence-electron chi connectivity index (χ1n) is 13.0. The highest BCUT2D eigenvalue weighted by molar-refractivity contribution is 7.92. The first kappa shape index (κ1) is 31.0. The lowest BCUT2D eigenvalue weighted by molar-refractivity contribution is -0.139. The molecule has 3 aromatic carbocycles. The fourth-order valence-corrected chi connectivity index (χ4v) is 5.61. The first-order valence-corrected chi connectivity index (χ1v) is 14.8. The minimum Gasteiger partial charge on any atom is -0.495 e. The van der Waals surface area contributed by atoms with Crippen molar-refractivity contribution in [2.75, 3.05) is 24.5 Å². The molecule has 0 spiro atoms. The molecule has 214 valence electrons. The SMILES string of the molecule is COc1ccc(Cl)cc1N(CC(=O)N(Cc1ccccc1)[C@@H](C)C(=O)NCC(C)C)S(=O)(=O)c1ccc(C)cc1. The molecule has 0 saturated carbocycles. The van der Waals surface area contributed by atoms with Crippen LogP contribution in [0.3, 0.4) is 0 Å². The van der Waals surface area contributed by atoms with Crippen LogP contribution in [0.15, 0.2) is 77.7 Å². The lowest BCUT2D eigenvalue weighted by Gasteiger charge is -2.32. The first-order chi connectivity index (χ1) is 18.9. The Morgan fingerprint density at radius 1 is 0.975 bits per heavy atom. The van der Waals surface area contributed by atoms with Crippen molar-refractivity contribution in [2.24, 2.45) is 5.92 Å². The third-order valence-corrected chi connectivity index (χ3v) is 8.35. The zero-order valence-corrected chi connectivity index (χ0v) is 25.0. The summed E-state index contributed by atoms with van der Waals surface area (Å²) < 4.78 is 34.4. The normalized spacial score (nSPS) is 12.1. The van der Waals surface area contributed by atoms with E-state index in [1.165, 1.54) is 30.2 Å². The van der Waals surface area contributed by atoms with Crippen molar-refractivity contribution < 1.29 is 22.7 Å². The Labute approximate surface area is 241 Å². The summed E-state index contributed by atoms with van der Waals surface area (Å²) in [6.45, 7) is 7.42. The summed E-state index contributed by atoms with van der Waals surface area (Å²) in [6.07, 6.45) is 0. The number of nitrogens with one attached hydrogen (secondary N) is 1. The molecule has 8 nitrogen and oxygen atoms in total. The number of halogens is 1. The molecule has 10 heteroatoms. The van der Waals surface area contributed by atoms with Gasteiger partial charge in [0.15, 0.2) is 0 Å². The van der Waals surface area contributed by atoms with E-state index in [1.54, 1.807) is 31.2 Å². The Balaban J connectivity index is 2.07. The molecule has 2 amide bonds. The van der Waals surface area contributed by atoms with E-state index >= 15 is 0 Å². The molecule has 40 heavy (non-hydrogen) atoms. The highest BCUT2D eigenvalue weighted by atomic mass is 35.5. The second-order valence-corrected chi connectivity index (χ2v) is 12.3. The Kier molecular flexibility index (Phi) is 10.6. The van der Waals surface area contributed by atoms with Crippen LogP contribution in [-0.2, 0) is 26.2 Å². The van der Waals surface area contributed by atoms with Gasteiger partial charge in [0.05, 0.1) is 17.7 Å². The number of carbonyl (C=O) groups excluding carboxylic acids is 2. The summed E-state index contributed by atoms with van der Waals surface area (Å²) in [5, 5.41) is 3.15. The van der Waals surface area contributed by atoms with Crippen molar-refractivity contribution in [1.82, 2.24) is 10.2 Å². The summed E-state index contributed by atoms with van der Waals surface area (Å²) in [4.78, 5) is 28.5. The molecule has 0 aliphatic heterocycles. The van der Waals surface area contributed by atoms with Crippen molar-refractivity contribution in [3.8, 4) is 5.75 Å². The quantitative estimate of drug-likeness (QED) is 0.321. The van der Waals surface area contributed by atoms with Crippen LogP contribution < -0.4 is 14.4 Å². The molecule has 3 rings (SSSR count). The molecule has 0 aliphatic rings. The predicted octanol–water partition coefficient (Wildman–Crippen LogP) is 5.04. The number of hydrogen-bond acceptors (Lipinski definition) is 5. The maximum Gasteiger partial charge on any atom is 0.264 e. The number of benzene rings is 3. The average Bonchev–Trinajstić information content (AvgIpc) is 2.93. The monoisotopic (exact) mass is 585 g/mol. The Morgan fingerprint density at radius 2 is 1.62 bits per heavy atom. The number of nitrogens with zero attached hydrogens (tertiary/aromatic N) is 2. The summed E-state index contributed by atoms with van der Waals surface area (Å²) >= 11 is 6.27. The molecule has 0 fully saturated rings. The van der Waals surface area contributed by atoms with Gasteiger partial charge in [0.1, 0.15) is 18.3 Å². The van der Waals surface area contributed by atoms with E-state index in [4.69, 9.17) is 16.3 Å². The maximum atomic E-state index is 14.0. The number of ether oxygens (including phenoxy) is 1. The van der Waals surface area contributed by atoms with Gasteiger partial charge in [0.2, 0.25) is 11.8 Å². The number of amides is 2. The van der Waals surface area contributed by atoms with E-state index < -0.39 is 28.5 Å². The van der Waals surface area contributed by atoms with Crippen LogP contribution >= 0.6 is 11.6 Å². The van der Waals surface area contributed by atoms with E-state index in [2.05, 4.69) is 5.32 Å². The van der Waals surface area contributed by atoms with Crippen LogP contribution in [0.4, 0.5) is 5.69 Å². The van der Waals surface area contributed by atoms with E-state index in [-0.39, 0.29) is 39.7 Å². The summed E-state index contributed by atoms with van der Waals surface area (Å²) in [5.41, 5.74) is 1.80. The van der Waals surface area contributed by atoms with Crippen LogP contribution in [0.2, 0.25) is 5.02 Å². The van der Waals surface area contributed by atoms with Gasteiger partial charge in [-0.25, -0.2) is 8.42 Å². The second-order valence-electron chi connectivity index (χ2n) is 9.96. The summed E-state index contributed by atoms with van der Waals surface area (Å²) in [7, 11) is -2.83. The van der Waals surface area contributed by atoms with Crippen LogP contribution in [0.5, 0.6) is 5.75 Å². The van der Waals surface area contributed by atoms with E-state index in [0.717, 1.165) is 15.4 Å². The average molecular weight is 586 g/mol. The zero-order chi connectivity index (χ0) is 29.4. The lowest BCUT2D eigenvalue weighted by Crippen LogP contribution is -2.51. The third kappa shape index (κ3) is 7.76. The van der Waals surface area contributed by atoms with Crippen molar-refractivity contribution in [3.63, 3.8) is 0 Å². The van der Waals surface area contributed by atoms with Gasteiger partial charge >= 0.3 is 0 Å². The number of hydrogen-bond donors (Lipinski definition) is 1. The van der Waals surface area contributed by atoms with Crippen LogP contribution in [0.25, 0.3) is 0 Å². The largest absolute Gasteiger partial charge is 0.495 e. The fraction of sp³-hybridized carbons (Fsp3) is 0.333. The molecule has 0 radical (unpaired) electrons. The molecule has 0 bridgehead atoms. The predicted molar refractivity (Wildman–Crippen MR) is 158 cm³/mol. The van der Waals surface area contributed by atoms with E-state index in [9.17, 15) is 18.0 Å². The van der Waals surface area contributed by atoms with Gasteiger partial charge in [0, 0.05) is 18.1 Å². The molecule has 1 N–H and O–H groups in total. The molecule has 3 aromatic rings.